The topological polar surface area (TPSA) is 99.4 Å². The summed E-state index contributed by atoms with van der Waals surface area (Å²) >= 11 is 0. The Bertz CT molecular complexity index is 161. The van der Waals surface area contributed by atoms with Crippen molar-refractivity contribution in [1.82, 2.24) is 0 Å². The molecule has 5 atom stereocenters. The first kappa shape index (κ1) is 10.8. The molecule has 1 heterocycles. The first-order valence-electron chi connectivity index (χ1n) is 3.95. The standard InChI is InChI=1S/C7H14O6/c1-12-6-3(2-8)13-7(11)5(10)4(6)9/h3-11H,2H2,1H3/t3-,4-,5-,6+,7?/m1/s1. The van der Waals surface area contributed by atoms with Crippen molar-refractivity contribution in [2.45, 2.75) is 30.7 Å². The van der Waals surface area contributed by atoms with E-state index < -0.39 is 30.7 Å². The summed E-state index contributed by atoms with van der Waals surface area (Å²) < 4.78 is 9.61. The zero-order chi connectivity index (χ0) is 10.0. The fourth-order valence-corrected chi connectivity index (χ4v) is 1.36. The number of hydrogen-bond acceptors (Lipinski definition) is 6. The highest BCUT2D eigenvalue weighted by molar-refractivity contribution is 4.89. The Kier molecular flexibility index (Phi) is 3.60. The van der Waals surface area contributed by atoms with Gasteiger partial charge in [-0.25, -0.2) is 0 Å². The van der Waals surface area contributed by atoms with E-state index in [1.165, 1.54) is 7.11 Å². The fourth-order valence-electron chi connectivity index (χ4n) is 1.36. The highest BCUT2D eigenvalue weighted by Gasteiger charge is 2.43. The summed E-state index contributed by atoms with van der Waals surface area (Å²) in [7, 11) is 1.32. The molecule has 0 aliphatic carbocycles. The van der Waals surface area contributed by atoms with Crippen molar-refractivity contribution in [2.24, 2.45) is 0 Å². The molecule has 78 valence electrons. The molecular formula is C7H14O6. The molecule has 1 aliphatic heterocycles. The third-order valence-corrected chi connectivity index (χ3v) is 2.11. The minimum absolute atomic E-state index is 0.390. The van der Waals surface area contributed by atoms with Crippen LogP contribution >= 0.6 is 0 Å². The van der Waals surface area contributed by atoms with E-state index in [-0.39, 0.29) is 6.61 Å². The van der Waals surface area contributed by atoms with Gasteiger partial charge in [-0.05, 0) is 0 Å². The molecule has 1 fully saturated rings. The number of methoxy groups -OCH3 is 1. The van der Waals surface area contributed by atoms with Crippen LogP contribution < -0.4 is 0 Å². The second kappa shape index (κ2) is 4.32. The van der Waals surface area contributed by atoms with Gasteiger partial charge in [0.1, 0.15) is 24.4 Å². The highest BCUT2D eigenvalue weighted by Crippen LogP contribution is 2.21. The molecule has 0 bridgehead atoms. The maximum Gasteiger partial charge on any atom is 0.184 e. The molecule has 0 aromatic heterocycles. The Hall–Kier alpha value is -0.240. The Balaban J connectivity index is 2.69. The second-order valence-corrected chi connectivity index (χ2v) is 2.93. The van der Waals surface area contributed by atoms with E-state index >= 15 is 0 Å². The van der Waals surface area contributed by atoms with Crippen molar-refractivity contribution in [3.8, 4) is 0 Å². The van der Waals surface area contributed by atoms with E-state index in [1.54, 1.807) is 0 Å². The summed E-state index contributed by atoms with van der Waals surface area (Å²) in [6.45, 7) is -0.390. The van der Waals surface area contributed by atoms with Gasteiger partial charge in [-0.15, -0.1) is 0 Å². The third-order valence-electron chi connectivity index (χ3n) is 2.11. The van der Waals surface area contributed by atoms with Crippen molar-refractivity contribution >= 4 is 0 Å². The molecule has 1 saturated heterocycles. The maximum atomic E-state index is 9.38. The summed E-state index contributed by atoms with van der Waals surface area (Å²) in [6.07, 6.45) is -5.81. The minimum atomic E-state index is -1.49. The average Bonchev–Trinajstić information content (AvgIpc) is 2.13. The van der Waals surface area contributed by atoms with Crippen molar-refractivity contribution < 1.29 is 29.9 Å². The average molecular weight is 194 g/mol. The molecule has 1 aliphatic rings. The van der Waals surface area contributed by atoms with Crippen LogP contribution in [0.1, 0.15) is 0 Å². The lowest BCUT2D eigenvalue weighted by molar-refractivity contribution is -0.290. The van der Waals surface area contributed by atoms with Crippen LogP contribution in [0.5, 0.6) is 0 Å². The van der Waals surface area contributed by atoms with Crippen LogP contribution in [0.3, 0.4) is 0 Å². The number of rotatable bonds is 2. The monoisotopic (exact) mass is 194 g/mol. The van der Waals surface area contributed by atoms with Crippen LogP contribution in [0.25, 0.3) is 0 Å². The largest absolute Gasteiger partial charge is 0.394 e. The molecule has 0 aromatic rings. The SMILES string of the molecule is CO[C@@H]1[C@H](O)[C@@H](O)C(O)O[C@@H]1CO. The van der Waals surface area contributed by atoms with Crippen molar-refractivity contribution in [1.29, 1.82) is 0 Å². The van der Waals surface area contributed by atoms with Gasteiger partial charge >= 0.3 is 0 Å². The molecule has 0 spiro atoms. The van der Waals surface area contributed by atoms with Gasteiger partial charge in [0.25, 0.3) is 0 Å². The van der Waals surface area contributed by atoms with Gasteiger partial charge in [0.15, 0.2) is 6.29 Å². The van der Waals surface area contributed by atoms with Crippen LogP contribution in [0, 0.1) is 0 Å². The van der Waals surface area contributed by atoms with Crippen molar-refractivity contribution in [2.75, 3.05) is 13.7 Å². The van der Waals surface area contributed by atoms with Gasteiger partial charge in [0.05, 0.1) is 6.61 Å². The van der Waals surface area contributed by atoms with Crippen LogP contribution in [0.15, 0.2) is 0 Å². The van der Waals surface area contributed by atoms with E-state index in [0.29, 0.717) is 0 Å². The molecule has 6 heteroatoms. The fraction of sp³-hybridized carbons (Fsp3) is 1.00. The lowest BCUT2D eigenvalue weighted by atomic mass is 9.99. The second-order valence-electron chi connectivity index (χ2n) is 2.93. The van der Waals surface area contributed by atoms with E-state index in [4.69, 9.17) is 19.7 Å². The minimum Gasteiger partial charge on any atom is -0.394 e. The van der Waals surface area contributed by atoms with Gasteiger partial charge in [0.2, 0.25) is 0 Å². The summed E-state index contributed by atoms with van der Waals surface area (Å²) in [5, 5.41) is 36.4. The molecule has 1 rings (SSSR count). The molecule has 4 N–H and O–H groups in total. The highest BCUT2D eigenvalue weighted by atomic mass is 16.6. The molecular weight excluding hydrogens is 180 g/mol. The van der Waals surface area contributed by atoms with Gasteiger partial charge in [0, 0.05) is 7.11 Å². The molecule has 0 amide bonds. The van der Waals surface area contributed by atoms with Gasteiger partial charge < -0.3 is 29.9 Å². The predicted octanol–water partition coefficient (Wildman–Crippen LogP) is -2.57. The number of aliphatic hydroxyl groups is 4. The van der Waals surface area contributed by atoms with Crippen LogP contribution in [-0.4, -0.2) is 64.8 Å². The quantitative estimate of drug-likeness (QED) is 0.386. The zero-order valence-electron chi connectivity index (χ0n) is 7.20. The molecule has 0 aromatic carbocycles. The zero-order valence-corrected chi connectivity index (χ0v) is 7.20. The molecule has 1 unspecified atom stereocenters. The molecule has 13 heavy (non-hydrogen) atoms. The maximum absolute atomic E-state index is 9.38. The summed E-state index contributed by atoms with van der Waals surface area (Å²) in [4.78, 5) is 0. The normalized spacial score (nSPS) is 46.4. The van der Waals surface area contributed by atoms with Crippen LogP contribution in [0.4, 0.5) is 0 Å². The van der Waals surface area contributed by atoms with Crippen molar-refractivity contribution in [3.63, 3.8) is 0 Å². The molecule has 6 nitrogen and oxygen atoms in total. The Morgan fingerprint density at radius 3 is 2.31 bits per heavy atom. The Labute approximate surface area is 75.3 Å². The van der Waals surface area contributed by atoms with Gasteiger partial charge in [-0.3, -0.25) is 0 Å². The molecule has 0 radical (unpaired) electrons. The lowest BCUT2D eigenvalue weighted by Gasteiger charge is -2.39. The van der Waals surface area contributed by atoms with Gasteiger partial charge in [-0.1, -0.05) is 0 Å². The number of hydrogen-bond donors (Lipinski definition) is 4. The molecule has 0 saturated carbocycles. The summed E-state index contributed by atoms with van der Waals surface area (Å²) in [5.41, 5.74) is 0. The van der Waals surface area contributed by atoms with Crippen LogP contribution in [-0.2, 0) is 9.47 Å². The first-order valence-corrected chi connectivity index (χ1v) is 3.95. The van der Waals surface area contributed by atoms with Crippen molar-refractivity contribution in [3.05, 3.63) is 0 Å². The van der Waals surface area contributed by atoms with E-state index in [2.05, 4.69) is 0 Å². The summed E-state index contributed by atoms with van der Waals surface area (Å²) in [6, 6.07) is 0. The van der Waals surface area contributed by atoms with E-state index in [0.717, 1.165) is 0 Å². The van der Waals surface area contributed by atoms with E-state index in [1.807, 2.05) is 0 Å². The summed E-state index contributed by atoms with van der Waals surface area (Å²) in [5.74, 6) is 0. The first-order chi connectivity index (χ1) is 6.11. The predicted molar refractivity (Wildman–Crippen MR) is 40.8 cm³/mol. The Morgan fingerprint density at radius 2 is 1.85 bits per heavy atom. The van der Waals surface area contributed by atoms with Crippen LogP contribution in [0.2, 0.25) is 0 Å². The number of aliphatic hydroxyl groups excluding tert-OH is 4. The number of ether oxygens (including phenoxy) is 2. The van der Waals surface area contributed by atoms with Gasteiger partial charge in [-0.2, -0.15) is 0 Å². The smallest absolute Gasteiger partial charge is 0.184 e. The third kappa shape index (κ3) is 1.98. The Morgan fingerprint density at radius 1 is 1.23 bits per heavy atom. The lowest BCUT2D eigenvalue weighted by Crippen LogP contribution is -2.59. The van der Waals surface area contributed by atoms with E-state index in [9.17, 15) is 10.2 Å².